The van der Waals surface area contributed by atoms with Gasteiger partial charge in [-0.15, -0.1) is 0 Å². The number of methoxy groups -OCH3 is 1. The zero-order valence-corrected chi connectivity index (χ0v) is 21.2. The van der Waals surface area contributed by atoms with Gasteiger partial charge in [0.25, 0.3) is 0 Å². The van der Waals surface area contributed by atoms with E-state index in [0.717, 1.165) is 0 Å². The van der Waals surface area contributed by atoms with Crippen LogP contribution in [0.3, 0.4) is 0 Å². The van der Waals surface area contributed by atoms with Gasteiger partial charge in [0.2, 0.25) is 5.91 Å². The molecule has 1 amide bonds. The Bertz CT molecular complexity index is 1180. The smallest absolute Gasteiger partial charge is 0.236 e. The predicted molar refractivity (Wildman–Crippen MR) is 129 cm³/mol. The summed E-state index contributed by atoms with van der Waals surface area (Å²) in [5.41, 5.74) is 0.0482. The summed E-state index contributed by atoms with van der Waals surface area (Å²) in [5.74, 6) is 0.501. The van der Waals surface area contributed by atoms with E-state index in [1.807, 2.05) is 27.7 Å². The monoisotopic (exact) mass is 491 g/mol. The minimum absolute atomic E-state index is 0.0180. The van der Waals surface area contributed by atoms with Gasteiger partial charge in [-0.3, -0.25) is 4.79 Å². The minimum Gasteiger partial charge on any atom is -0.490 e. The van der Waals surface area contributed by atoms with E-state index >= 15 is 0 Å². The first-order valence-electron chi connectivity index (χ1n) is 11.0. The lowest BCUT2D eigenvalue weighted by Crippen LogP contribution is -2.57. The second-order valence-corrected chi connectivity index (χ2v) is 12.6. The third kappa shape index (κ3) is 3.74. The number of carbonyl (C=O) groups excluding carboxylic acids is 1. The summed E-state index contributed by atoms with van der Waals surface area (Å²) in [6, 6.07) is 11.7. The van der Waals surface area contributed by atoms with Crippen molar-refractivity contribution in [2.75, 3.05) is 25.2 Å². The molecule has 33 heavy (non-hydrogen) atoms. The molecule has 0 bridgehead atoms. The van der Waals surface area contributed by atoms with Crippen LogP contribution in [0.4, 0.5) is 5.69 Å². The van der Waals surface area contributed by atoms with Gasteiger partial charge in [-0.05, 0) is 69.7 Å². The number of sulfone groups is 1. The van der Waals surface area contributed by atoms with Crippen molar-refractivity contribution in [2.24, 2.45) is 5.41 Å². The molecule has 1 saturated carbocycles. The van der Waals surface area contributed by atoms with Crippen LogP contribution in [-0.2, 0) is 24.1 Å². The van der Waals surface area contributed by atoms with Gasteiger partial charge in [0, 0.05) is 31.5 Å². The third-order valence-corrected chi connectivity index (χ3v) is 9.65. The Morgan fingerprint density at radius 3 is 2.30 bits per heavy atom. The van der Waals surface area contributed by atoms with Crippen LogP contribution in [0.2, 0.25) is 5.02 Å². The highest BCUT2D eigenvalue weighted by atomic mass is 35.5. The molecule has 1 heterocycles. The maximum absolute atomic E-state index is 14.0. The van der Waals surface area contributed by atoms with Crippen LogP contribution in [0.1, 0.15) is 46.1 Å². The fourth-order valence-corrected chi connectivity index (χ4v) is 7.43. The second kappa shape index (κ2) is 8.00. The molecule has 6 nitrogen and oxygen atoms in total. The van der Waals surface area contributed by atoms with Gasteiger partial charge in [-0.25, -0.2) is 8.42 Å². The number of rotatable bonds is 5. The van der Waals surface area contributed by atoms with Gasteiger partial charge < -0.3 is 14.4 Å². The first kappa shape index (κ1) is 24.0. The van der Waals surface area contributed by atoms with E-state index in [-0.39, 0.29) is 17.4 Å². The van der Waals surface area contributed by atoms with Gasteiger partial charge in [0.05, 0.1) is 21.6 Å². The molecular formula is C25H30ClNO5S. The summed E-state index contributed by atoms with van der Waals surface area (Å²) < 4.78 is 38.5. The molecular weight excluding hydrogens is 462 g/mol. The quantitative estimate of drug-likeness (QED) is 0.589. The van der Waals surface area contributed by atoms with Crippen LogP contribution in [0.25, 0.3) is 0 Å². The van der Waals surface area contributed by atoms with E-state index in [1.165, 1.54) is 0 Å². The van der Waals surface area contributed by atoms with Gasteiger partial charge >= 0.3 is 0 Å². The van der Waals surface area contributed by atoms with Gasteiger partial charge in [-0.2, -0.15) is 0 Å². The number of anilines is 1. The number of fused-ring (bicyclic) bond motifs is 1. The average Bonchev–Trinajstić information content (AvgIpc) is 2.85. The first-order valence-corrected chi connectivity index (χ1v) is 12.9. The molecule has 8 heteroatoms. The lowest BCUT2D eigenvalue weighted by Gasteiger charge is -2.53. The number of ether oxygens (including phenoxy) is 2. The maximum atomic E-state index is 14.0. The molecule has 1 fully saturated rings. The largest absolute Gasteiger partial charge is 0.490 e. The highest BCUT2D eigenvalue weighted by Crippen LogP contribution is 2.58. The van der Waals surface area contributed by atoms with Gasteiger partial charge in [0.15, 0.2) is 9.84 Å². The average molecular weight is 492 g/mol. The number of carbonyl (C=O) groups is 1. The van der Waals surface area contributed by atoms with Crippen LogP contribution < -0.4 is 9.64 Å². The normalized spacial score (nSPS) is 26.7. The standard InChI is InChI=1S/C25H30ClNO5S/c1-6-27-20-12-7-17(13-21(20)32-16-23(2,3)22(27)28)25(14-24(4,15-25)31-5)33(29,30)19-10-8-18(26)9-11-19/h7-13H,6,14-16H2,1-5H3. The van der Waals surface area contributed by atoms with E-state index in [1.54, 1.807) is 54.5 Å². The molecule has 0 aromatic heterocycles. The summed E-state index contributed by atoms with van der Waals surface area (Å²) >= 11 is 6.00. The minimum atomic E-state index is -3.78. The SMILES string of the molecule is CCN1C(=O)C(C)(C)COc2cc(C3(S(=O)(=O)c4ccc(Cl)cc4)CC(C)(OC)C3)ccc21. The molecule has 2 aliphatic rings. The van der Waals surface area contributed by atoms with Crippen molar-refractivity contribution in [3.63, 3.8) is 0 Å². The van der Waals surface area contributed by atoms with Crippen molar-refractivity contribution in [1.29, 1.82) is 0 Å². The molecule has 0 N–H and O–H groups in total. The molecule has 4 rings (SSSR count). The second-order valence-electron chi connectivity index (χ2n) is 9.86. The van der Waals surface area contributed by atoms with E-state index in [2.05, 4.69) is 0 Å². The summed E-state index contributed by atoms with van der Waals surface area (Å²) in [6.45, 7) is 8.25. The fraction of sp³-hybridized carbons (Fsp3) is 0.480. The lowest BCUT2D eigenvalue weighted by molar-refractivity contribution is -0.127. The highest BCUT2D eigenvalue weighted by molar-refractivity contribution is 7.92. The Kier molecular flexibility index (Phi) is 5.83. The zero-order valence-electron chi connectivity index (χ0n) is 19.6. The Morgan fingerprint density at radius 2 is 1.73 bits per heavy atom. The molecule has 2 aromatic carbocycles. The lowest BCUT2D eigenvalue weighted by atomic mass is 9.67. The number of hydrogen-bond donors (Lipinski definition) is 0. The highest BCUT2D eigenvalue weighted by Gasteiger charge is 2.61. The van der Waals surface area contributed by atoms with Gasteiger partial charge in [-0.1, -0.05) is 17.7 Å². The molecule has 1 aliphatic carbocycles. The van der Waals surface area contributed by atoms with Crippen LogP contribution in [0.5, 0.6) is 5.75 Å². The topological polar surface area (TPSA) is 72.9 Å². The number of nitrogens with zero attached hydrogens (tertiary/aromatic N) is 1. The summed E-state index contributed by atoms with van der Waals surface area (Å²) in [6.07, 6.45) is 0.615. The van der Waals surface area contributed by atoms with Crippen LogP contribution in [-0.4, -0.2) is 40.2 Å². The van der Waals surface area contributed by atoms with Crippen molar-refractivity contribution in [3.05, 3.63) is 53.1 Å². The summed E-state index contributed by atoms with van der Waals surface area (Å²) in [7, 11) is -2.17. The molecule has 0 radical (unpaired) electrons. The first-order chi connectivity index (χ1) is 15.4. The summed E-state index contributed by atoms with van der Waals surface area (Å²) in [4.78, 5) is 14.9. The van der Waals surface area contributed by atoms with Crippen LogP contribution >= 0.6 is 11.6 Å². The van der Waals surface area contributed by atoms with Crippen molar-refractivity contribution in [3.8, 4) is 5.75 Å². The zero-order chi connectivity index (χ0) is 24.2. The van der Waals surface area contributed by atoms with Gasteiger partial charge in [0.1, 0.15) is 17.1 Å². The Balaban J connectivity index is 1.85. The number of benzene rings is 2. The molecule has 0 spiro atoms. The Hall–Kier alpha value is -2.09. The van der Waals surface area contributed by atoms with Crippen LogP contribution in [0.15, 0.2) is 47.4 Å². The van der Waals surface area contributed by atoms with E-state index in [9.17, 15) is 13.2 Å². The number of amides is 1. The van der Waals surface area contributed by atoms with Crippen molar-refractivity contribution in [1.82, 2.24) is 0 Å². The number of hydrogen-bond acceptors (Lipinski definition) is 5. The Labute approximate surface area is 200 Å². The fourth-order valence-electron chi connectivity index (χ4n) is 4.93. The van der Waals surface area contributed by atoms with Crippen molar-refractivity contribution in [2.45, 2.75) is 55.8 Å². The van der Waals surface area contributed by atoms with Crippen molar-refractivity contribution < 1.29 is 22.7 Å². The van der Waals surface area contributed by atoms with E-state index < -0.39 is 25.6 Å². The van der Waals surface area contributed by atoms with Crippen LogP contribution in [0, 0.1) is 5.41 Å². The number of halogens is 1. The molecule has 0 unspecified atom stereocenters. The molecule has 178 valence electrons. The van der Waals surface area contributed by atoms with Crippen molar-refractivity contribution >= 4 is 33.0 Å². The molecule has 2 aromatic rings. The molecule has 0 atom stereocenters. The Morgan fingerprint density at radius 1 is 1.09 bits per heavy atom. The summed E-state index contributed by atoms with van der Waals surface area (Å²) in [5, 5.41) is 0.476. The predicted octanol–water partition coefficient (Wildman–Crippen LogP) is 4.98. The van der Waals surface area contributed by atoms with E-state index in [4.69, 9.17) is 21.1 Å². The maximum Gasteiger partial charge on any atom is 0.236 e. The molecule has 0 saturated heterocycles. The third-order valence-electron chi connectivity index (χ3n) is 6.96. The van der Waals surface area contributed by atoms with E-state index in [0.29, 0.717) is 41.4 Å². The molecule has 1 aliphatic heterocycles.